The number of carbonyl (C=O) groups excluding carboxylic acids is 1. The van der Waals surface area contributed by atoms with E-state index in [1.807, 2.05) is 0 Å². The molecule has 0 aromatic heterocycles. The van der Waals surface area contributed by atoms with Crippen molar-refractivity contribution in [2.75, 3.05) is 13.7 Å². The summed E-state index contributed by atoms with van der Waals surface area (Å²) in [5, 5.41) is 61.9. The lowest BCUT2D eigenvalue weighted by molar-refractivity contribution is -0.351. The van der Waals surface area contributed by atoms with Crippen LogP contribution in [0.1, 0.15) is 18.9 Å². The number of hydrogen-bond donors (Lipinski definition) is 6. The van der Waals surface area contributed by atoms with E-state index in [-0.39, 0.29) is 6.42 Å². The maximum Gasteiger partial charge on any atom is 0.331 e. The summed E-state index contributed by atoms with van der Waals surface area (Å²) in [6.07, 6.45) is -5.73. The molecule has 1 aromatic carbocycles. The monoisotopic (exact) mass is 524 g/mol. The number of benzene rings is 1. The normalized spacial score (nSPS) is 41.3. The Morgan fingerprint density at radius 3 is 2.46 bits per heavy atom. The lowest BCUT2D eigenvalue weighted by Crippen LogP contribution is -2.62. The second kappa shape index (κ2) is 10.7. The molecule has 0 unspecified atom stereocenters. The Labute approximate surface area is 212 Å². The van der Waals surface area contributed by atoms with Crippen LogP contribution < -0.4 is 4.74 Å². The van der Waals surface area contributed by atoms with Crippen LogP contribution in [0, 0.1) is 5.92 Å². The number of ether oxygens (including phenoxy) is 5. The van der Waals surface area contributed by atoms with Gasteiger partial charge < -0.3 is 54.3 Å². The van der Waals surface area contributed by atoms with E-state index >= 15 is 0 Å². The van der Waals surface area contributed by atoms with Crippen LogP contribution in [-0.4, -0.2) is 105 Å². The Bertz CT molecular complexity index is 1010. The molecule has 4 rings (SSSR count). The summed E-state index contributed by atoms with van der Waals surface area (Å²) in [7, 11) is 1.54. The quantitative estimate of drug-likeness (QED) is 0.185. The van der Waals surface area contributed by atoms with Crippen LogP contribution >= 0.6 is 0 Å². The molecule has 12 heteroatoms. The second-order valence-corrected chi connectivity index (χ2v) is 9.57. The summed E-state index contributed by atoms with van der Waals surface area (Å²) in [6.45, 7) is 0.836. The topological polar surface area (TPSA) is 185 Å². The van der Waals surface area contributed by atoms with Gasteiger partial charge in [-0.2, -0.15) is 0 Å². The highest BCUT2D eigenvalue weighted by atomic mass is 16.8. The van der Waals surface area contributed by atoms with Crippen molar-refractivity contribution in [3.05, 3.63) is 48.2 Å². The Balaban J connectivity index is 1.53. The summed E-state index contributed by atoms with van der Waals surface area (Å²) in [4.78, 5) is 12.7. The lowest BCUT2D eigenvalue weighted by atomic mass is 9.81. The van der Waals surface area contributed by atoms with E-state index in [9.17, 15) is 35.4 Å². The van der Waals surface area contributed by atoms with Crippen LogP contribution in [-0.2, 0) is 23.7 Å². The third-order valence-electron chi connectivity index (χ3n) is 7.09. The molecule has 0 spiro atoms. The minimum absolute atomic E-state index is 0.168. The van der Waals surface area contributed by atoms with E-state index in [0.717, 1.165) is 6.26 Å². The van der Waals surface area contributed by atoms with Gasteiger partial charge in [-0.15, -0.1) is 0 Å². The zero-order chi connectivity index (χ0) is 27.0. The Kier molecular flexibility index (Phi) is 7.93. The number of aliphatic hydroxyl groups is 6. The molecule has 2 aliphatic heterocycles. The van der Waals surface area contributed by atoms with Gasteiger partial charge in [-0.05, 0) is 36.8 Å². The van der Waals surface area contributed by atoms with Crippen LogP contribution in [0.15, 0.2) is 42.7 Å². The van der Waals surface area contributed by atoms with Crippen molar-refractivity contribution in [1.29, 1.82) is 0 Å². The van der Waals surface area contributed by atoms with Crippen LogP contribution in [0.5, 0.6) is 5.75 Å². The van der Waals surface area contributed by atoms with E-state index < -0.39 is 72.8 Å². The van der Waals surface area contributed by atoms with Gasteiger partial charge in [-0.1, -0.05) is 12.1 Å². The average molecular weight is 525 g/mol. The third kappa shape index (κ3) is 5.24. The summed E-state index contributed by atoms with van der Waals surface area (Å²) < 4.78 is 27.4. The van der Waals surface area contributed by atoms with Gasteiger partial charge in [-0.3, -0.25) is 0 Å². The number of aliphatic hydroxyl groups excluding tert-OH is 5. The molecule has 0 radical (unpaired) electrons. The highest BCUT2D eigenvalue weighted by Gasteiger charge is 2.66. The fourth-order valence-corrected chi connectivity index (χ4v) is 5.07. The molecule has 0 bridgehead atoms. The number of methoxy groups -OCH3 is 1. The number of carbonyl (C=O) groups is 1. The van der Waals surface area contributed by atoms with Crippen LogP contribution in [0.4, 0.5) is 0 Å². The predicted molar refractivity (Wildman–Crippen MR) is 124 cm³/mol. The molecule has 12 nitrogen and oxygen atoms in total. The SMILES string of the molecule is COc1ccc(/C=C/C(=O)O[C@@]2(C)C[C@@H](O)[C@]3(O)C=CO[C@@H](O[C@@H]4O[C@H](CO)[C@@H](O)[C@H](O)[C@H]4O)[C@@H]32)cc1. The maximum atomic E-state index is 12.7. The molecule has 1 saturated heterocycles. The van der Waals surface area contributed by atoms with Crippen LogP contribution in [0.25, 0.3) is 6.08 Å². The highest BCUT2D eigenvalue weighted by molar-refractivity contribution is 5.87. The molecule has 1 saturated carbocycles. The lowest BCUT2D eigenvalue weighted by Gasteiger charge is -2.45. The van der Waals surface area contributed by atoms with Gasteiger partial charge in [0.05, 0.1) is 32.0 Å². The Hall–Kier alpha value is -2.55. The molecule has 2 heterocycles. The second-order valence-electron chi connectivity index (χ2n) is 9.57. The van der Waals surface area contributed by atoms with Crippen molar-refractivity contribution in [2.24, 2.45) is 5.92 Å². The first-order chi connectivity index (χ1) is 17.5. The van der Waals surface area contributed by atoms with E-state index in [1.54, 1.807) is 31.4 Å². The summed E-state index contributed by atoms with van der Waals surface area (Å²) in [5.74, 6) is -1.29. The predicted octanol–water partition coefficient (Wildman–Crippen LogP) is -1.19. The maximum absolute atomic E-state index is 12.7. The Morgan fingerprint density at radius 1 is 1.11 bits per heavy atom. The average Bonchev–Trinajstić information content (AvgIpc) is 3.08. The molecular formula is C25H32O12. The zero-order valence-electron chi connectivity index (χ0n) is 20.3. The van der Waals surface area contributed by atoms with Gasteiger partial charge in [0.2, 0.25) is 6.29 Å². The molecule has 0 amide bonds. The first-order valence-corrected chi connectivity index (χ1v) is 11.8. The largest absolute Gasteiger partial charge is 0.497 e. The van der Waals surface area contributed by atoms with Crippen LogP contribution in [0.2, 0.25) is 0 Å². The molecule has 204 valence electrons. The standard InChI is InChI=1S/C25H32O12/c1-24(37-17(28)8-5-13-3-6-14(33-2)7-4-13)11-16(27)25(32)9-10-34-23(21(24)25)36-22-20(31)19(30)18(29)15(12-26)35-22/h3-10,15-16,18-23,26-27,29-32H,11-12H2,1-2H3/b8-5+/t15-,16-,18-,19+,20-,21-,22+,23+,24+,25-/m1/s1. The van der Waals surface area contributed by atoms with Gasteiger partial charge in [0, 0.05) is 12.5 Å². The molecular weight excluding hydrogens is 492 g/mol. The van der Waals surface area contributed by atoms with Gasteiger partial charge in [0.1, 0.15) is 41.4 Å². The van der Waals surface area contributed by atoms with Crippen LogP contribution in [0.3, 0.4) is 0 Å². The molecule has 3 aliphatic rings. The summed E-state index contributed by atoms with van der Waals surface area (Å²) in [6, 6.07) is 6.94. The van der Waals surface area contributed by atoms with Gasteiger partial charge >= 0.3 is 5.97 Å². The first-order valence-electron chi connectivity index (χ1n) is 11.8. The van der Waals surface area contributed by atoms with Gasteiger partial charge in [0.15, 0.2) is 6.29 Å². The van der Waals surface area contributed by atoms with Crippen molar-refractivity contribution in [1.82, 2.24) is 0 Å². The minimum Gasteiger partial charge on any atom is -0.497 e. The molecule has 2 fully saturated rings. The number of hydrogen-bond acceptors (Lipinski definition) is 12. The van der Waals surface area contributed by atoms with Crippen molar-refractivity contribution in [2.45, 2.75) is 67.6 Å². The Morgan fingerprint density at radius 2 is 1.81 bits per heavy atom. The summed E-state index contributed by atoms with van der Waals surface area (Å²) in [5.41, 5.74) is -2.72. The fourth-order valence-electron chi connectivity index (χ4n) is 5.07. The fraction of sp³-hybridized carbons (Fsp3) is 0.560. The molecule has 6 N–H and O–H groups in total. The number of rotatable bonds is 7. The first kappa shape index (κ1) is 27.5. The van der Waals surface area contributed by atoms with Crippen molar-refractivity contribution < 1.29 is 59.1 Å². The van der Waals surface area contributed by atoms with E-state index in [0.29, 0.717) is 11.3 Å². The van der Waals surface area contributed by atoms with Gasteiger partial charge in [0.25, 0.3) is 0 Å². The van der Waals surface area contributed by atoms with E-state index in [1.165, 1.54) is 25.2 Å². The highest BCUT2D eigenvalue weighted by Crippen LogP contribution is 2.51. The van der Waals surface area contributed by atoms with Gasteiger partial charge in [-0.25, -0.2) is 4.79 Å². The molecule has 37 heavy (non-hydrogen) atoms. The third-order valence-corrected chi connectivity index (χ3v) is 7.09. The van der Waals surface area contributed by atoms with Crippen molar-refractivity contribution in [3.63, 3.8) is 0 Å². The minimum atomic E-state index is -1.92. The van der Waals surface area contributed by atoms with Crippen molar-refractivity contribution >= 4 is 12.0 Å². The zero-order valence-corrected chi connectivity index (χ0v) is 20.3. The number of fused-ring (bicyclic) bond motifs is 1. The van der Waals surface area contributed by atoms with E-state index in [4.69, 9.17) is 23.7 Å². The molecule has 10 atom stereocenters. The molecule has 1 aromatic rings. The van der Waals surface area contributed by atoms with Crippen molar-refractivity contribution in [3.8, 4) is 5.75 Å². The number of esters is 1. The molecule has 1 aliphatic carbocycles. The smallest absolute Gasteiger partial charge is 0.331 e. The summed E-state index contributed by atoms with van der Waals surface area (Å²) >= 11 is 0. The van der Waals surface area contributed by atoms with E-state index in [2.05, 4.69) is 0 Å².